The molecule has 0 saturated carbocycles. The van der Waals surface area contributed by atoms with E-state index in [1.807, 2.05) is 6.07 Å². The zero-order valence-corrected chi connectivity index (χ0v) is 10.1. The first kappa shape index (κ1) is 11.2. The molecule has 0 bridgehead atoms. The van der Waals surface area contributed by atoms with E-state index < -0.39 is 5.97 Å². The van der Waals surface area contributed by atoms with Gasteiger partial charge in [-0.3, -0.25) is 0 Å². The summed E-state index contributed by atoms with van der Waals surface area (Å²) in [5.74, 6) is -1.10. The number of aromatic carboxylic acids is 1. The summed E-state index contributed by atoms with van der Waals surface area (Å²) < 4.78 is 0.422. The van der Waals surface area contributed by atoms with Crippen LogP contribution >= 0.6 is 31.9 Å². The van der Waals surface area contributed by atoms with E-state index in [0.29, 0.717) is 15.4 Å². The summed E-state index contributed by atoms with van der Waals surface area (Å²) in [4.78, 5) is 10.9. The van der Waals surface area contributed by atoms with Gasteiger partial charge in [0.05, 0.1) is 11.1 Å². The highest BCUT2D eigenvalue weighted by Gasteiger charge is 2.16. The number of nitrogens with zero attached hydrogens (tertiary/aromatic N) is 1. The van der Waals surface area contributed by atoms with Crippen molar-refractivity contribution in [1.82, 2.24) is 0 Å². The summed E-state index contributed by atoms with van der Waals surface area (Å²) in [5, 5.41) is 18.2. The van der Waals surface area contributed by atoms with Crippen molar-refractivity contribution in [2.75, 3.05) is 0 Å². The third kappa shape index (κ3) is 1.97. The SMILES string of the molecule is N#Cc1c(CBr)ccc(Br)c1C(=O)O. The van der Waals surface area contributed by atoms with E-state index in [-0.39, 0.29) is 11.1 Å². The summed E-state index contributed by atoms with van der Waals surface area (Å²) in [7, 11) is 0. The second kappa shape index (κ2) is 4.58. The lowest BCUT2D eigenvalue weighted by Crippen LogP contribution is -2.04. The number of alkyl halides is 1. The van der Waals surface area contributed by atoms with Crippen LogP contribution < -0.4 is 0 Å². The van der Waals surface area contributed by atoms with Crippen LogP contribution in [0.5, 0.6) is 0 Å². The Balaban J connectivity index is 3.53. The molecular weight excluding hydrogens is 314 g/mol. The maximum atomic E-state index is 10.9. The van der Waals surface area contributed by atoms with E-state index in [2.05, 4.69) is 31.9 Å². The number of nitriles is 1. The molecule has 0 aliphatic heterocycles. The fraction of sp³-hybridized carbons (Fsp3) is 0.111. The second-order valence-corrected chi connectivity index (χ2v) is 3.92. The zero-order chi connectivity index (χ0) is 10.7. The standard InChI is InChI=1S/C9H5Br2NO2/c10-3-5-1-2-7(11)8(9(13)14)6(5)4-12/h1-2H,3H2,(H,13,14). The van der Waals surface area contributed by atoms with Crippen LogP contribution in [0.25, 0.3) is 0 Å². The molecule has 1 aromatic carbocycles. The summed E-state index contributed by atoms with van der Waals surface area (Å²) >= 11 is 6.30. The Morgan fingerprint density at radius 1 is 1.57 bits per heavy atom. The van der Waals surface area contributed by atoms with Crippen LogP contribution in [0.2, 0.25) is 0 Å². The summed E-state index contributed by atoms with van der Waals surface area (Å²) in [6.07, 6.45) is 0. The highest BCUT2D eigenvalue weighted by atomic mass is 79.9. The Morgan fingerprint density at radius 3 is 2.64 bits per heavy atom. The smallest absolute Gasteiger partial charge is 0.338 e. The molecule has 14 heavy (non-hydrogen) atoms. The molecule has 1 N–H and O–H groups in total. The minimum absolute atomic E-state index is 0.0180. The molecule has 0 spiro atoms. The second-order valence-electron chi connectivity index (χ2n) is 2.51. The predicted molar refractivity (Wildman–Crippen MR) is 58.4 cm³/mol. The Labute approximate surface area is 97.6 Å². The fourth-order valence-electron chi connectivity index (χ4n) is 1.07. The van der Waals surface area contributed by atoms with Gasteiger partial charge in [-0.15, -0.1) is 0 Å². The number of benzene rings is 1. The van der Waals surface area contributed by atoms with Gasteiger partial charge in [0.2, 0.25) is 0 Å². The Morgan fingerprint density at radius 2 is 2.21 bits per heavy atom. The lowest BCUT2D eigenvalue weighted by atomic mass is 10.0. The van der Waals surface area contributed by atoms with Crippen LogP contribution in [0.1, 0.15) is 21.5 Å². The average molecular weight is 319 g/mol. The molecule has 0 aliphatic rings. The van der Waals surface area contributed by atoms with Gasteiger partial charge in [-0.1, -0.05) is 22.0 Å². The van der Waals surface area contributed by atoms with Crippen molar-refractivity contribution < 1.29 is 9.90 Å². The van der Waals surface area contributed by atoms with E-state index in [4.69, 9.17) is 10.4 Å². The topological polar surface area (TPSA) is 61.1 Å². The van der Waals surface area contributed by atoms with Crippen molar-refractivity contribution in [3.8, 4) is 6.07 Å². The zero-order valence-electron chi connectivity index (χ0n) is 6.92. The van der Waals surface area contributed by atoms with E-state index in [1.165, 1.54) is 0 Å². The maximum Gasteiger partial charge on any atom is 0.338 e. The molecule has 0 unspecified atom stereocenters. The van der Waals surface area contributed by atoms with Crippen LogP contribution in [0.3, 0.4) is 0 Å². The highest BCUT2D eigenvalue weighted by molar-refractivity contribution is 9.10. The third-order valence-electron chi connectivity index (χ3n) is 1.71. The van der Waals surface area contributed by atoms with E-state index in [1.54, 1.807) is 12.1 Å². The Hall–Kier alpha value is -0.860. The first-order valence-electron chi connectivity index (χ1n) is 3.62. The minimum atomic E-state index is -1.10. The van der Waals surface area contributed by atoms with Gasteiger partial charge in [-0.25, -0.2) is 4.79 Å². The van der Waals surface area contributed by atoms with E-state index >= 15 is 0 Å². The van der Waals surface area contributed by atoms with Crippen molar-refractivity contribution in [2.45, 2.75) is 5.33 Å². The van der Waals surface area contributed by atoms with Crippen molar-refractivity contribution >= 4 is 37.8 Å². The first-order chi connectivity index (χ1) is 6.61. The normalized spacial score (nSPS) is 9.50. The average Bonchev–Trinajstić information content (AvgIpc) is 2.16. The van der Waals surface area contributed by atoms with Crippen LogP contribution in [0.15, 0.2) is 16.6 Å². The van der Waals surface area contributed by atoms with Gasteiger partial charge < -0.3 is 5.11 Å². The molecule has 0 fully saturated rings. The molecule has 5 heteroatoms. The summed E-state index contributed by atoms with van der Waals surface area (Å²) in [6, 6.07) is 5.23. The highest BCUT2D eigenvalue weighted by Crippen LogP contribution is 2.24. The van der Waals surface area contributed by atoms with Gasteiger partial charge in [-0.2, -0.15) is 5.26 Å². The van der Waals surface area contributed by atoms with Crippen LogP contribution in [0.4, 0.5) is 0 Å². The third-order valence-corrected chi connectivity index (χ3v) is 2.98. The molecule has 0 saturated heterocycles. The molecule has 0 heterocycles. The van der Waals surface area contributed by atoms with Crippen molar-refractivity contribution in [3.63, 3.8) is 0 Å². The summed E-state index contributed by atoms with van der Waals surface area (Å²) in [5.41, 5.74) is 0.890. The molecular formula is C9H5Br2NO2. The molecule has 0 aromatic heterocycles. The van der Waals surface area contributed by atoms with Crippen LogP contribution in [-0.2, 0) is 5.33 Å². The van der Waals surface area contributed by atoms with Gasteiger partial charge in [-0.05, 0) is 27.6 Å². The minimum Gasteiger partial charge on any atom is -0.478 e. The van der Waals surface area contributed by atoms with Gasteiger partial charge in [0, 0.05) is 9.80 Å². The first-order valence-corrected chi connectivity index (χ1v) is 5.54. The molecule has 0 amide bonds. The number of carboxylic acids is 1. The molecule has 3 nitrogen and oxygen atoms in total. The maximum absolute atomic E-state index is 10.9. The monoisotopic (exact) mass is 317 g/mol. The Bertz CT molecular complexity index is 424. The van der Waals surface area contributed by atoms with Crippen molar-refractivity contribution in [1.29, 1.82) is 5.26 Å². The lowest BCUT2D eigenvalue weighted by Gasteiger charge is -2.05. The molecule has 0 aliphatic carbocycles. The molecule has 1 rings (SSSR count). The van der Waals surface area contributed by atoms with E-state index in [0.717, 1.165) is 0 Å². The van der Waals surface area contributed by atoms with Gasteiger partial charge in [0.1, 0.15) is 6.07 Å². The molecule has 1 aromatic rings. The van der Waals surface area contributed by atoms with Crippen molar-refractivity contribution in [3.05, 3.63) is 33.3 Å². The molecule has 72 valence electrons. The number of carbonyl (C=O) groups is 1. The van der Waals surface area contributed by atoms with Crippen LogP contribution in [-0.4, -0.2) is 11.1 Å². The number of hydrogen-bond acceptors (Lipinski definition) is 2. The number of carboxylic acid groups (broad SMARTS) is 1. The summed E-state index contributed by atoms with van der Waals surface area (Å²) in [6.45, 7) is 0. The lowest BCUT2D eigenvalue weighted by molar-refractivity contribution is 0.0695. The van der Waals surface area contributed by atoms with Gasteiger partial charge in [0.15, 0.2) is 0 Å². The van der Waals surface area contributed by atoms with Crippen LogP contribution in [0, 0.1) is 11.3 Å². The predicted octanol–water partition coefficient (Wildman–Crippen LogP) is 2.91. The molecule has 0 atom stereocenters. The van der Waals surface area contributed by atoms with Crippen molar-refractivity contribution in [2.24, 2.45) is 0 Å². The molecule has 0 radical (unpaired) electrons. The fourth-order valence-corrected chi connectivity index (χ4v) is 2.04. The van der Waals surface area contributed by atoms with Gasteiger partial charge in [0.25, 0.3) is 0 Å². The number of hydrogen-bond donors (Lipinski definition) is 1. The Kier molecular flexibility index (Phi) is 3.67. The quantitative estimate of drug-likeness (QED) is 0.853. The number of halogens is 2. The largest absolute Gasteiger partial charge is 0.478 e. The van der Waals surface area contributed by atoms with E-state index in [9.17, 15) is 4.79 Å². The van der Waals surface area contributed by atoms with Gasteiger partial charge >= 0.3 is 5.97 Å². The number of rotatable bonds is 2.